The van der Waals surface area contributed by atoms with Gasteiger partial charge in [-0.1, -0.05) is 11.6 Å². The molecule has 0 saturated carbocycles. The molecule has 0 unspecified atom stereocenters. The molecule has 0 aliphatic carbocycles. The predicted octanol–water partition coefficient (Wildman–Crippen LogP) is 1.70. The first kappa shape index (κ1) is 12.0. The summed E-state index contributed by atoms with van der Waals surface area (Å²) in [5.41, 5.74) is 8.19. The van der Waals surface area contributed by atoms with Gasteiger partial charge in [0.1, 0.15) is 0 Å². The second-order valence-electron chi connectivity index (χ2n) is 3.96. The molecule has 1 heterocycles. The van der Waals surface area contributed by atoms with Crippen molar-refractivity contribution in [3.63, 3.8) is 0 Å². The maximum Gasteiger partial charge on any atom is 0.234 e. The Balaban J connectivity index is 2.23. The molecule has 0 aliphatic heterocycles. The van der Waals surface area contributed by atoms with E-state index >= 15 is 0 Å². The molecular formula is C12H14ClN3O. The molecule has 0 fully saturated rings. The van der Waals surface area contributed by atoms with Gasteiger partial charge in [-0.05, 0) is 30.7 Å². The summed E-state index contributed by atoms with van der Waals surface area (Å²) in [5, 5.41) is 4.49. The van der Waals surface area contributed by atoms with Gasteiger partial charge in [-0.3, -0.25) is 4.79 Å². The van der Waals surface area contributed by atoms with Crippen LogP contribution in [0.4, 0.5) is 0 Å². The number of H-pyrrole nitrogens is 1. The molecule has 90 valence electrons. The number of benzene rings is 1. The van der Waals surface area contributed by atoms with Crippen LogP contribution >= 0.6 is 11.6 Å². The Morgan fingerprint density at radius 3 is 2.94 bits per heavy atom. The zero-order valence-corrected chi connectivity index (χ0v) is 10.3. The van der Waals surface area contributed by atoms with Crippen molar-refractivity contribution in [1.82, 2.24) is 10.3 Å². The standard InChI is InChI=1S/C12H14ClN3O/c1-7-2-11-8(4-10(7)13)3-9(16-11)6-15-12(17)5-14/h2-4,16H,5-6,14H2,1H3,(H,15,17). The van der Waals surface area contributed by atoms with Crippen LogP contribution in [0.5, 0.6) is 0 Å². The summed E-state index contributed by atoms with van der Waals surface area (Å²) >= 11 is 6.05. The molecule has 1 aromatic heterocycles. The van der Waals surface area contributed by atoms with Gasteiger partial charge in [-0.25, -0.2) is 0 Å². The average Bonchev–Trinajstić information content (AvgIpc) is 2.68. The minimum atomic E-state index is -0.169. The van der Waals surface area contributed by atoms with Crippen LogP contribution in [0.25, 0.3) is 10.9 Å². The second-order valence-corrected chi connectivity index (χ2v) is 4.37. The van der Waals surface area contributed by atoms with Crippen LogP contribution in [0, 0.1) is 6.92 Å². The lowest BCUT2D eigenvalue weighted by Crippen LogP contribution is -2.29. The molecule has 0 aliphatic rings. The zero-order valence-electron chi connectivity index (χ0n) is 9.51. The molecule has 0 bridgehead atoms. The number of aromatic nitrogens is 1. The van der Waals surface area contributed by atoms with Gasteiger partial charge in [0.25, 0.3) is 0 Å². The highest BCUT2D eigenvalue weighted by molar-refractivity contribution is 6.32. The van der Waals surface area contributed by atoms with Crippen LogP contribution in [0.1, 0.15) is 11.3 Å². The van der Waals surface area contributed by atoms with Gasteiger partial charge in [0.2, 0.25) is 5.91 Å². The fourth-order valence-electron chi connectivity index (χ4n) is 1.68. The van der Waals surface area contributed by atoms with Crippen molar-refractivity contribution in [1.29, 1.82) is 0 Å². The predicted molar refractivity (Wildman–Crippen MR) is 68.9 cm³/mol. The third-order valence-corrected chi connectivity index (χ3v) is 3.02. The van der Waals surface area contributed by atoms with Crippen molar-refractivity contribution in [3.05, 3.63) is 34.5 Å². The average molecular weight is 252 g/mol. The van der Waals surface area contributed by atoms with E-state index in [2.05, 4.69) is 10.3 Å². The number of carbonyl (C=O) groups excluding carboxylic acids is 1. The van der Waals surface area contributed by atoms with E-state index < -0.39 is 0 Å². The number of amides is 1. The van der Waals surface area contributed by atoms with Crippen LogP contribution in [-0.2, 0) is 11.3 Å². The summed E-state index contributed by atoms with van der Waals surface area (Å²) in [7, 11) is 0. The number of halogens is 1. The number of aryl methyl sites for hydroxylation is 1. The molecule has 17 heavy (non-hydrogen) atoms. The smallest absolute Gasteiger partial charge is 0.234 e. The third-order valence-electron chi connectivity index (χ3n) is 2.62. The fraction of sp³-hybridized carbons (Fsp3) is 0.250. The molecule has 0 radical (unpaired) electrons. The summed E-state index contributed by atoms with van der Waals surface area (Å²) in [4.78, 5) is 14.3. The lowest BCUT2D eigenvalue weighted by Gasteiger charge is -2.00. The Morgan fingerprint density at radius 2 is 2.24 bits per heavy atom. The summed E-state index contributed by atoms with van der Waals surface area (Å²) in [5.74, 6) is -0.169. The molecule has 2 aromatic rings. The van der Waals surface area contributed by atoms with Crippen molar-refractivity contribution < 1.29 is 4.79 Å². The van der Waals surface area contributed by atoms with Crippen LogP contribution in [-0.4, -0.2) is 17.4 Å². The van der Waals surface area contributed by atoms with E-state index in [-0.39, 0.29) is 12.5 Å². The molecule has 2 rings (SSSR count). The monoisotopic (exact) mass is 251 g/mol. The van der Waals surface area contributed by atoms with Crippen molar-refractivity contribution in [3.8, 4) is 0 Å². The minimum Gasteiger partial charge on any atom is -0.357 e. The van der Waals surface area contributed by atoms with Crippen molar-refractivity contribution in [2.45, 2.75) is 13.5 Å². The first-order valence-electron chi connectivity index (χ1n) is 5.34. The van der Waals surface area contributed by atoms with E-state index in [4.69, 9.17) is 17.3 Å². The summed E-state index contributed by atoms with van der Waals surface area (Å²) in [6.07, 6.45) is 0. The van der Waals surface area contributed by atoms with Gasteiger partial charge in [0.15, 0.2) is 0 Å². The highest BCUT2D eigenvalue weighted by Gasteiger charge is 2.05. The maximum absolute atomic E-state index is 11.0. The van der Waals surface area contributed by atoms with Crippen LogP contribution < -0.4 is 11.1 Å². The lowest BCUT2D eigenvalue weighted by atomic mass is 10.2. The number of nitrogens with one attached hydrogen (secondary N) is 2. The normalized spacial score (nSPS) is 10.8. The zero-order chi connectivity index (χ0) is 12.4. The van der Waals surface area contributed by atoms with E-state index in [1.807, 2.05) is 25.1 Å². The molecule has 4 N–H and O–H groups in total. The quantitative estimate of drug-likeness (QED) is 0.777. The summed E-state index contributed by atoms with van der Waals surface area (Å²) < 4.78 is 0. The van der Waals surface area contributed by atoms with Crippen LogP contribution in [0.3, 0.4) is 0 Å². The van der Waals surface area contributed by atoms with Crippen molar-refractivity contribution in [2.24, 2.45) is 5.73 Å². The highest BCUT2D eigenvalue weighted by atomic mass is 35.5. The number of nitrogens with two attached hydrogens (primary N) is 1. The molecule has 0 spiro atoms. The first-order chi connectivity index (χ1) is 8.10. The van der Waals surface area contributed by atoms with Gasteiger partial charge in [-0.15, -0.1) is 0 Å². The second kappa shape index (κ2) is 4.77. The highest BCUT2D eigenvalue weighted by Crippen LogP contribution is 2.23. The van der Waals surface area contributed by atoms with E-state index in [1.165, 1.54) is 0 Å². The topological polar surface area (TPSA) is 70.9 Å². The molecule has 0 atom stereocenters. The number of rotatable bonds is 3. The molecule has 4 nitrogen and oxygen atoms in total. The Morgan fingerprint density at radius 1 is 1.47 bits per heavy atom. The minimum absolute atomic E-state index is 0.00512. The van der Waals surface area contributed by atoms with Crippen molar-refractivity contribution >= 4 is 28.4 Å². The van der Waals surface area contributed by atoms with Gasteiger partial charge in [-0.2, -0.15) is 0 Å². The molecule has 0 saturated heterocycles. The SMILES string of the molecule is Cc1cc2[nH]c(CNC(=O)CN)cc2cc1Cl. The fourth-order valence-corrected chi connectivity index (χ4v) is 1.85. The Labute approximate surface area is 104 Å². The molecule has 1 amide bonds. The summed E-state index contributed by atoms with van der Waals surface area (Å²) in [6, 6.07) is 5.88. The van der Waals surface area contributed by atoms with Crippen LogP contribution in [0.2, 0.25) is 5.02 Å². The van der Waals surface area contributed by atoms with E-state index in [9.17, 15) is 4.79 Å². The number of hydrogen-bond acceptors (Lipinski definition) is 2. The van der Waals surface area contributed by atoms with Gasteiger partial charge in [0, 0.05) is 21.6 Å². The largest absolute Gasteiger partial charge is 0.357 e. The number of aromatic amines is 1. The van der Waals surface area contributed by atoms with E-state index in [1.54, 1.807) is 0 Å². The molecular weight excluding hydrogens is 238 g/mol. The Bertz CT molecular complexity index is 523. The number of hydrogen-bond donors (Lipinski definition) is 3. The Kier molecular flexibility index (Phi) is 3.36. The lowest BCUT2D eigenvalue weighted by molar-refractivity contribution is -0.119. The maximum atomic E-state index is 11.0. The third kappa shape index (κ3) is 2.60. The molecule has 5 heteroatoms. The Hall–Kier alpha value is -1.52. The van der Waals surface area contributed by atoms with E-state index in [0.717, 1.165) is 27.2 Å². The van der Waals surface area contributed by atoms with E-state index in [0.29, 0.717) is 6.54 Å². The summed E-state index contributed by atoms with van der Waals surface area (Å²) in [6.45, 7) is 2.41. The molecule has 1 aromatic carbocycles. The van der Waals surface area contributed by atoms with Crippen LogP contribution in [0.15, 0.2) is 18.2 Å². The van der Waals surface area contributed by atoms with Crippen molar-refractivity contribution in [2.75, 3.05) is 6.54 Å². The van der Waals surface area contributed by atoms with Gasteiger partial charge in [0.05, 0.1) is 13.1 Å². The number of carbonyl (C=O) groups is 1. The van der Waals surface area contributed by atoms with Gasteiger partial charge >= 0.3 is 0 Å². The van der Waals surface area contributed by atoms with Gasteiger partial charge < -0.3 is 16.0 Å². The number of fused-ring (bicyclic) bond motifs is 1. The first-order valence-corrected chi connectivity index (χ1v) is 5.72.